The Morgan fingerprint density at radius 3 is 2.47 bits per heavy atom. The highest BCUT2D eigenvalue weighted by molar-refractivity contribution is 4.80. The van der Waals surface area contributed by atoms with Crippen LogP contribution in [-0.4, -0.2) is 37.1 Å². The third-order valence-electron chi connectivity index (χ3n) is 4.10. The number of hydrogen-bond acceptors (Lipinski definition) is 2. The first-order chi connectivity index (χ1) is 7.19. The van der Waals surface area contributed by atoms with Gasteiger partial charge in [-0.05, 0) is 39.3 Å². The summed E-state index contributed by atoms with van der Waals surface area (Å²) in [7, 11) is 2.25. The van der Waals surface area contributed by atoms with Crippen molar-refractivity contribution in [1.29, 1.82) is 0 Å². The number of rotatable bonds is 6. The van der Waals surface area contributed by atoms with Gasteiger partial charge in [0.2, 0.25) is 0 Å². The van der Waals surface area contributed by atoms with E-state index in [2.05, 4.69) is 38.0 Å². The van der Waals surface area contributed by atoms with Crippen LogP contribution < -0.4 is 5.32 Å². The zero-order chi connectivity index (χ0) is 11.3. The maximum atomic E-state index is 3.72. The summed E-state index contributed by atoms with van der Waals surface area (Å²) in [5.41, 5.74) is 0. The van der Waals surface area contributed by atoms with Crippen molar-refractivity contribution in [2.45, 2.75) is 58.5 Å². The third-order valence-corrected chi connectivity index (χ3v) is 4.10. The Morgan fingerprint density at radius 1 is 1.33 bits per heavy atom. The maximum Gasteiger partial charge on any atom is 0.0218 e. The molecule has 1 saturated heterocycles. The van der Waals surface area contributed by atoms with Crippen molar-refractivity contribution < 1.29 is 0 Å². The van der Waals surface area contributed by atoms with Crippen LogP contribution in [0.1, 0.15) is 46.5 Å². The average molecular weight is 212 g/mol. The topological polar surface area (TPSA) is 15.3 Å². The molecule has 0 aromatic heterocycles. The Labute approximate surface area is 95.4 Å². The second kappa shape index (κ2) is 6.49. The maximum absolute atomic E-state index is 3.72. The van der Waals surface area contributed by atoms with Crippen molar-refractivity contribution in [3.8, 4) is 0 Å². The van der Waals surface area contributed by atoms with E-state index < -0.39 is 0 Å². The molecule has 2 nitrogen and oxygen atoms in total. The number of hydrogen-bond donors (Lipinski definition) is 1. The molecule has 2 heteroatoms. The molecular weight excluding hydrogens is 184 g/mol. The van der Waals surface area contributed by atoms with Crippen LogP contribution >= 0.6 is 0 Å². The van der Waals surface area contributed by atoms with Crippen LogP contribution in [0.2, 0.25) is 0 Å². The lowest BCUT2D eigenvalue weighted by Gasteiger charge is -2.26. The normalized spacial score (nSPS) is 25.0. The molecule has 2 unspecified atom stereocenters. The molecule has 1 fully saturated rings. The molecule has 2 atom stereocenters. The molecule has 0 spiro atoms. The summed E-state index contributed by atoms with van der Waals surface area (Å²) in [6.45, 7) is 9.40. The van der Waals surface area contributed by atoms with Crippen molar-refractivity contribution in [1.82, 2.24) is 10.2 Å². The van der Waals surface area contributed by atoms with Crippen LogP contribution in [0.15, 0.2) is 0 Å². The van der Waals surface area contributed by atoms with Gasteiger partial charge in [-0.15, -0.1) is 0 Å². The predicted octanol–water partition coefficient (Wildman–Crippen LogP) is 2.49. The minimum Gasteiger partial charge on any atom is -0.312 e. The van der Waals surface area contributed by atoms with Crippen LogP contribution in [0, 0.1) is 5.92 Å². The summed E-state index contributed by atoms with van der Waals surface area (Å²) in [6.07, 6.45) is 5.34. The largest absolute Gasteiger partial charge is 0.312 e. The highest BCUT2D eigenvalue weighted by Gasteiger charge is 2.22. The standard InChI is InChI=1S/C13H28N2/c1-5-12(6-2)11(3)14-10-13-8-7-9-15(13)4/h11-14H,5-10H2,1-4H3. The van der Waals surface area contributed by atoms with E-state index in [-0.39, 0.29) is 0 Å². The molecule has 15 heavy (non-hydrogen) atoms. The number of likely N-dealkylation sites (N-methyl/N-ethyl adjacent to an activating group) is 1. The molecule has 0 saturated carbocycles. The van der Waals surface area contributed by atoms with Crippen molar-refractivity contribution in [2.24, 2.45) is 5.92 Å². The van der Waals surface area contributed by atoms with Gasteiger partial charge in [0, 0.05) is 18.6 Å². The molecule has 1 heterocycles. The summed E-state index contributed by atoms with van der Waals surface area (Å²) in [5.74, 6) is 0.844. The molecular formula is C13H28N2. The van der Waals surface area contributed by atoms with E-state index >= 15 is 0 Å². The molecule has 0 radical (unpaired) electrons. The Balaban J connectivity index is 2.23. The van der Waals surface area contributed by atoms with Gasteiger partial charge in [-0.1, -0.05) is 26.7 Å². The number of nitrogens with zero attached hydrogens (tertiary/aromatic N) is 1. The van der Waals surface area contributed by atoms with Gasteiger partial charge in [0.05, 0.1) is 0 Å². The molecule has 1 N–H and O–H groups in total. The van der Waals surface area contributed by atoms with Crippen LogP contribution in [0.25, 0.3) is 0 Å². The van der Waals surface area contributed by atoms with Gasteiger partial charge in [0.25, 0.3) is 0 Å². The monoisotopic (exact) mass is 212 g/mol. The molecule has 0 aromatic rings. The van der Waals surface area contributed by atoms with Crippen LogP contribution in [-0.2, 0) is 0 Å². The van der Waals surface area contributed by atoms with Crippen molar-refractivity contribution in [3.63, 3.8) is 0 Å². The number of nitrogens with one attached hydrogen (secondary N) is 1. The molecule has 0 aliphatic carbocycles. The van der Waals surface area contributed by atoms with Crippen molar-refractivity contribution in [2.75, 3.05) is 20.1 Å². The molecule has 0 amide bonds. The van der Waals surface area contributed by atoms with Gasteiger partial charge in [-0.2, -0.15) is 0 Å². The van der Waals surface area contributed by atoms with E-state index in [0.29, 0.717) is 6.04 Å². The highest BCUT2D eigenvalue weighted by atomic mass is 15.2. The van der Waals surface area contributed by atoms with Crippen LogP contribution in [0.3, 0.4) is 0 Å². The lowest BCUT2D eigenvalue weighted by Crippen LogP contribution is -2.41. The Kier molecular flexibility index (Phi) is 5.62. The summed E-state index contributed by atoms with van der Waals surface area (Å²) in [4.78, 5) is 2.49. The fourth-order valence-electron chi connectivity index (χ4n) is 2.72. The molecule has 1 rings (SSSR count). The van der Waals surface area contributed by atoms with Crippen molar-refractivity contribution >= 4 is 0 Å². The van der Waals surface area contributed by atoms with E-state index in [1.807, 2.05) is 0 Å². The van der Waals surface area contributed by atoms with Gasteiger partial charge in [0.15, 0.2) is 0 Å². The first-order valence-electron chi connectivity index (χ1n) is 6.62. The van der Waals surface area contributed by atoms with Crippen LogP contribution in [0.4, 0.5) is 0 Å². The Morgan fingerprint density at radius 2 is 2.00 bits per heavy atom. The molecule has 1 aliphatic rings. The summed E-state index contributed by atoms with van der Waals surface area (Å²) in [6, 6.07) is 1.45. The van der Waals surface area contributed by atoms with E-state index in [0.717, 1.165) is 12.0 Å². The van der Waals surface area contributed by atoms with E-state index in [9.17, 15) is 0 Å². The Bertz CT molecular complexity index is 166. The molecule has 0 aromatic carbocycles. The fourth-order valence-corrected chi connectivity index (χ4v) is 2.72. The van der Waals surface area contributed by atoms with E-state index in [1.54, 1.807) is 0 Å². The summed E-state index contributed by atoms with van der Waals surface area (Å²) < 4.78 is 0. The summed E-state index contributed by atoms with van der Waals surface area (Å²) >= 11 is 0. The minimum absolute atomic E-state index is 0.675. The quantitative estimate of drug-likeness (QED) is 0.728. The SMILES string of the molecule is CCC(CC)C(C)NCC1CCCN1C. The molecule has 90 valence electrons. The van der Waals surface area contributed by atoms with Gasteiger partial charge in [-0.3, -0.25) is 0 Å². The highest BCUT2D eigenvalue weighted by Crippen LogP contribution is 2.16. The van der Waals surface area contributed by atoms with Gasteiger partial charge in [-0.25, -0.2) is 0 Å². The first kappa shape index (κ1) is 13.0. The van der Waals surface area contributed by atoms with E-state index in [1.165, 1.54) is 38.8 Å². The Hall–Kier alpha value is -0.0800. The lowest BCUT2D eigenvalue weighted by atomic mass is 9.95. The second-order valence-electron chi connectivity index (χ2n) is 5.05. The third kappa shape index (κ3) is 3.76. The lowest BCUT2D eigenvalue weighted by molar-refractivity contribution is 0.271. The number of likely N-dealkylation sites (tertiary alicyclic amines) is 1. The predicted molar refractivity (Wildman–Crippen MR) is 67.2 cm³/mol. The van der Waals surface area contributed by atoms with E-state index in [4.69, 9.17) is 0 Å². The minimum atomic E-state index is 0.675. The summed E-state index contributed by atoms with van der Waals surface area (Å²) in [5, 5.41) is 3.72. The zero-order valence-electron chi connectivity index (χ0n) is 10.9. The molecule has 0 bridgehead atoms. The van der Waals surface area contributed by atoms with Gasteiger partial charge < -0.3 is 10.2 Å². The second-order valence-corrected chi connectivity index (χ2v) is 5.05. The van der Waals surface area contributed by atoms with Crippen molar-refractivity contribution in [3.05, 3.63) is 0 Å². The molecule has 1 aliphatic heterocycles. The smallest absolute Gasteiger partial charge is 0.0218 e. The first-order valence-corrected chi connectivity index (χ1v) is 6.62. The zero-order valence-corrected chi connectivity index (χ0v) is 10.9. The van der Waals surface area contributed by atoms with Crippen LogP contribution in [0.5, 0.6) is 0 Å². The average Bonchev–Trinajstić information content (AvgIpc) is 2.63. The van der Waals surface area contributed by atoms with Gasteiger partial charge >= 0.3 is 0 Å². The van der Waals surface area contributed by atoms with Gasteiger partial charge in [0.1, 0.15) is 0 Å². The fraction of sp³-hybridized carbons (Fsp3) is 1.00.